The van der Waals surface area contributed by atoms with Crippen LogP contribution in [-0.2, 0) is 6.54 Å². The number of rotatable bonds is 3. The normalized spacial score (nSPS) is 17.2. The Kier molecular flexibility index (Phi) is 3.57. The molecular formula is C13H18NO2+. The molecule has 0 spiro atoms. The average molecular weight is 220 g/mol. The SMILES string of the molecule is O=Cc1ccc(O)c(C[NH+]2CCCCC2)c1. The van der Waals surface area contributed by atoms with E-state index >= 15 is 0 Å². The monoisotopic (exact) mass is 220 g/mol. The third-order valence-corrected chi connectivity index (χ3v) is 3.24. The average Bonchev–Trinajstić information content (AvgIpc) is 2.33. The van der Waals surface area contributed by atoms with Gasteiger partial charge in [-0.3, -0.25) is 4.79 Å². The van der Waals surface area contributed by atoms with Crippen molar-refractivity contribution in [2.75, 3.05) is 13.1 Å². The van der Waals surface area contributed by atoms with Gasteiger partial charge in [-0.1, -0.05) is 0 Å². The first-order valence-corrected chi connectivity index (χ1v) is 5.90. The zero-order chi connectivity index (χ0) is 11.4. The van der Waals surface area contributed by atoms with Gasteiger partial charge in [0, 0.05) is 11.1 Å². The Hall–Kier alpha value is -1.35. The van der Waals surface area contributed by atoms with Crippen LogP contribution in [0.5, 0.6) is 5.75 Å². The maximum absolute atomic E-state index is 10.7. The topological polar surface area (TPSA) is 41.7 Å². The predicted octanol–water partition coefficient (Wildman–Crippen LogP) is 0.773. The van der Waals surface area contributed by atoms with E-state index < -0.39 is 0 Å². The third kappa shape index (κ3) is 2.61. The van der Waals surface area contributed by atoms with E-state index in [-0.39, 0.29) is 0 Å². The number of aldehydes is 1. The number of piperidine rings is 1. The summed E-state index contributed by atoms with van der Waals surface area (Å²) in [5.74, 6) is 0.309. The maximum atomic E-state index is 10.7. The van der Waals surface area contributed by atoms with Crippen molar-refractivity contribution < 1.29 is 14.8 Å². The number of phenols is 1. The van der Waals surface area contributed by atoms with Gasteiger partial charge >= 0.3 is 0 Å². The number of phenolic OH excluding ortho intramolecular Hbond substituents is 1. The Morgan fingerprint density at radius 2 is 2.00 bits per heavy atom. The fourth-order valence-electron chi connectivity index (χ4n) is 2.32. The molecule has 1 aromatic rings. The van der Waals surface area contributed by atoms with Crippen LogP contribution in [0.1, 0.15) is 35.2 Å². The van der Waals surface area contributed by atoms with Crippen molar-refractivity contribution in [2.45, 2.75) is 25.8 Å². The van der Waals surface area contributed by atoms with Gasteiger partial charge in [0.25, 0.3) is 0 Å². The van der Waals surface area contributed by atoms with Crippen LogP contribution < -0.4 is 4.90 Å². The van der Waals surface area contributed by atoms with E-state index in [1.54, 1.807) is 18.2 Å². The molecule has 0 bridgehead atoms. The molecule has 0 amide bonds. The van der Waals surface area contributed by atoms with Crippen molar-refractivity contribution in [3.63, 3.8) is 0 Å². The fourth-order valence-corrected chi connectivity index (χ4v) is 2.32. The van der Waals surface area contributed by atoms with Crippen LogP contribution in [-0.4, -0.2) is 24.5 Å². The van der Waals surface area contributed by atoms with Crippen LogP contribution in [0.2, 0.25) is 0 Å². The van der Waals surface area contributed by atoms with Gasteiger partial charge in [-0.25, -0.2) is 0 Å². The summed E-state index contributed by atoms with van der Waals surface area (Å²) in [7, 11) is 0. The standard InChI is InChI=1S/C13H17NO2/c15-10-11-4-5-13(16)12(8-11)9-14-6-2-1-3-7-14/h4-5,8,10,16H,1-3,6-7,9H2/p+1. The molecule has 0 aromatic heterocycles. The van der Waals surface area contributed by atoms with Crippen molar-refractivity contribution in [1.29, 1.82) is 0 Å². The van der Waals surface area contributed by atoms with Crippen LogP contribution in [0.3, 0.4) is 0 Å². The molecule has 0 atom stereocenters. The molecule has 1 heterocycles. The molecular weight excluding hydrogens is 202 g/mol. The van der Waals surface area contributed by atoms with E-state index in [1.807, 2.05) is 0 Å². The molecule has 0 radical (unpaired) electrons. The van der Waals surface area contributed by atoms with E-state index in [2.05, 4.69) is 0 Å². The van der Waals surface area contributed by atoms with E-state index in [0.29, 0.717) is 11.3 Å². The Balaban J connectivity index is 2.09. The molecule has 2 rings (SSSR count). The van der Waals surface area contributed by atoms with Crippen molar-refractivity contribution in [1.82, 2.24) is 0 Å². The second-order valence-electron chi connectivity index (χ2n) is 4.49. The highest BCUT2D eigenvalue weighted by molar-refractivity contribution is 5.75. The van der Waals surface area contributed by atoms with E-state index in [0.717, 1.165) is 18.4 Å². The number of hydrogen-bond acceptors (Lipinski definition) is 2. The van der Waals surface area contributed by atoms with Gasteiger partial charge in [-0.05, 0) is 37.5 Å². The molecule has 1 fully saturated rings. The lowest BCUT2D eigenvalue weighted by atomic mass is 10.1. The first kappa shape index (κ1) is 11.1. The highest BCUT2D eigenvalue weighted by atomic mass is 16.3. The number of aromatic hydroxyl groups is 1. The minimum atomic E-state index is 0.309. The zero-order valence-corrected chi connectivity index (χ0v) is 9.41. The van der Waals surface area contributed by atoms with Gasteiger partial charge in [-0.15, -0.1) is 0 Å². The van der Waals surface area contributed by atoms with Gasteiger partial charge in [0.15, 0.2) is 0 Å². The molecule has 3 heteroatoms. The Morgan fingerprint density at radius 1 is 1.25 bits per heavy atom. The summed E-state index contributed by atoms with van der Waals surface area (Å²) < 4.78 is 0. The number of carbonyl (C=O) groups excluding carboxylic acids is 1. The lowest BCUT2D eigenvalue weighted by Crippen LogP contribution is -3.11. The molecule has 1 aliphatic rings. The second kappa shape index (κ2) is 5.12. The smallest absolute Gasteiger partial charge is 0.150 e. The van der Waals surface area contributed by atoms with Crippen molar-refractivity contribution >= 4 is 6.29 Å². The fraction of sp³-hybridized carbons (Fsp3) is 0.462. The number of quaternary nitrogens is 1. The van der Waals surface area contributed by atoms with Crippen LogP contribution in [0.25, 0.3) is 0 Å². The largest absolute Gasteiger partial charge is 0.507 e. The van der Waals surface area contributed by atoms with Gasteiger partial charge in [0.2, 0.25) is 0 Å². The van der Waals surface area contributed by atoms with Crippen LogP contribution in [0.4, 0.5) is 0 Å². The molecule has 1 aliphatic heterocycles. The highest BCUT2D eigenvalue weighted by Crippen LogP contribution is 2.16. The van der Waals surface area contributed by atoms with Gasteiger partial charge in [-0.2, -0.15) is 0 Å². The van der Waals surface area contributed by atoms with Crippen LogP contribution in [0.15, 0.2) is 18.2 Å². The summed E-state index contributed by atoms with van der Waals surface area (Å²) in [6.45, 7) is 3.17. The summed E-state index contributed by atoms with van der Waals surface area (Å²) in [6.07, 6.45) is 4.69. The summed E-state index contributed by atoms with van der Waals surface area (Å²) in [5.41, 5.74) is 1.53. The summed E-state index contributed by atoms with van der Waals surface area (Å²) in [5, 5.41) is 9.73. The second-order valence-corrected chi connectivity index (χ2v) is 4.49. The molecule has 3 nitrogen and oxygen atoms in total. The maximum Gasteiger partial charge on any atom is 0.150 e. The molecule has 86 valence electrons. The lowest BCUT2D eigenvalue weighted by Gasteiger charge is -2.23. The highest BCUT2D eigenvalue weighted by Gasteiger charge is 2.15. The molecule has 1 aromatic carbocycles. The summed E-state index contributed by atoms with van der Waals surface area (Å²) in [6, 6.07) is 5.06. The summed E-state index contributed by atoms with van der Waals surface area (Å²) >= 11 is 0. The number of nitrogens with one attached hydrogen (secondary N) is 1. The van der Waals surface area contributed by atoms with E-state index in [1.165, 1.54) is 37.3 Å². The van der Waals surface area contributed by atoms with Crippen molar-refractivity contribution in [3.05, 3.63) is 29.3 Å². The van der Waals surface area contributed by atoms with Crippen LogP contribution >= 0.6 is 0 Å². The Labute approximate surface area is 95.7 Å². The van der Waals surface area contributed by atoms with E-state index in [4.69, 9.17) is 0 Å². The molecule has 2 N–H and O–H groups in total. The number of likely N-dealkylation sites (tertiary alicyclic amines) is 1. The Morgan fingerprint density at radius 3 is 2.69 bits per heavy atom. The lowest BCUT2D eigenvalue weighted by molar-refractivity contribution is -0.918. The van der Waals surface area contributed by atoms with Gasteiger partial charge in [0.05, 0.1) is 13.1 Å². The minimum absolute atomic E-state index is 0.309. The molecule has 16 heavy (non-hydrogen) atoms. The number of hydrogen-bond donors (Lipinski definition) is 2. The van der Waals surface area contributed by atoms with E-state index in [9.17, 15) is 9.90 Å². The Bertz CT molecular complexity index is 370. The minimum Gasteiger partial charge on any atom is -0.507 e. The van der Waals surface area contributed by atoms with Gasteiger partial charge < -0.3 is 10.0 Å². The van der Waals surface area contributed by atoms with Crippen molar-refractivity contribution in [2.24, 2.45) is 0 Å². The van der Waals surface area contributed by atoms with Crippen LogP contribution in [0, 0.1) is 0 Å². The predicted molar refractivity (Wildman–Crippen MR) is 61.7 cm³/mol. The van der Waals surface area contributed by atoms with Crippen molar-refractivity contribution in [3.8, 4) is 5.75 Å². The quantitative estimate of drug-likeness (QED) is 0.739. The zero-order valence-electron chi connectivity index (χ0n) is 9.41. The number of benzene rings is 1. The molecule has 0 unspecified atom stereocenters. The molecule has 1 saturated heterocycles. The molecule has 0 aliphatic carbocycles. The first-order chi connectivity index (χ1) is 7.79. The first-order valence-electron chi connectivity index (χ1n) is 5.90. The molecule has 0 saturated carbocycles. The summed E-state index contributed by atoms with van der Waals surface area (Å²) in [4.78, 5) is 12.2. The third-order valence-electron chi connectivity index (χ3n) is 3.24. The number of carbonyl (C=O) groups is 1. The van der Waals surface area contributed by atoms with Gasteiger partial charge in [0.1, 0.15) is 18.6 Å².